The monoisotopic (exact) mass is 378 g/mol. The molecule has 0 bridgehead atoms. The third-order valence-electron chi connectivity index (χ3n) is 3.61. The quantitative estimate of drug-likeness (QED) is 0.570. The molecule has 0 heterocycles. The summed E-state index contributed by atoms with van der Waals surface area (Å²) in [4.78, 5) is 11.9. The molecule has 132 valence electrons. The van der Waals surface area contributed by atoms with Crippen molar-refractivity contribution in [2.45, 2.75) is 26.7 Å². The first-order chi connectivity index (χ1) is 11.9. The second kappa shape index (κ2) is 8.88. The third-order valence-corrected chi connectivity index (χ3v) is 4.45. The molecule has 0 aliphatic rings. The Morgan fingerprint density at radius 1 is 1.28 bits per heavy atom. The van der Waals surface area contributed by atoms with E-state index in [9.17, 15) is 4.79 Å². The van der Waals surface area contributed by atoms with E-state index in [0.717, 1.165) is 11.1 Å². The molecular formula is C19H20Cl2N2O2. The van der Waals surface area contributed by atoms with E-state index in [1.54, 1.807) is 18.2 Å². The Balaban J connectivity index is 1.92. The number of rotatable bonds is 6. The minimum atomic E-state index is -0.358. The second-order valence-corrected chi connectivity index (χ2v) is 6.69. The fourth-order valence-electron chi connectivity index (χ4n) is 2.10. The highest BCUT2D eigenvalue weighted by Gasteiger charge is 2.07. The SMILES string of the molecule is Cc1ccc(C(C)C)cc1OCC(=O)N/N=C/c1cccc(Cl)c1Cl. The van der Waals surface area contributed by atoms with Gasteiger partial charge in [0.05, 0.1) is 16.3 Å². The van der Waals surface area contributed by atoms with E-state index in [0.29, 0.717) is 27.3 Å². The number of nitrogens with zero attached hydrogens (tertiary/aromatic N) is 1. The number of halogens is 2. The molecule has 0 unspecified atom stereocenters. The number of benzene rings is 2. The average molecular weight is 379 g/mol. The molecule has 25 heavy (non-hydrogen) atoms. The molecule has 0 atom stereocenters. The maximum atomic E-state index is 11.9. The fourth-order valence-corrected chi connectivity index (χ4v) is 2.46. The first kappa shape index (κ1) is 19.3. The van der Waals surface area contributed by atoms with Gasteiger partial charge in [0.1, 0.15) is 5.75 Å². The Morgan fingerprint density at radius 2 is 2.04 bits per heavy atom. The molecule has 0 spiro atoms. The van der Waals surface area contributed by atoms with Gasteiger partial charge in [-0.25, -0.2) is 5.43 Å². The van der Waals surface area contributed by atoms with E-state index >= 15 is 0 Å². The fraction of sp³-hybridized carbons (Fsp3) is 0.263. The highest BCUT2D eigenvalue weighted by molar-refractivity contribution is 6.43. The summed E-state index contributed by atoms with van der Waals surface area (Å²) in [6.07, 6.45) is 1.44. The van der Waals surface area contributed by atoms with Gasteiger partial charge in [-0.1, -0.05) is 61.3 Å². The summed E-state index contributed by atoms with van der Waals surface area (Å²) in [7, 11) is 0. The van der Waals surface area contributed by atoms with Crippen molar-refractivity contribution in [3.63, 3.8) is 0 Å². The van der Waals surface area contributed by atoms with Crippen molar-refractivity contribution >= 4 is 35.3 Å². The van der Waals surface area contributed by atoms with Crippen LogP contribution < -0.4 is 10.2 Å². The Morgan fingerprint density at radius 3 is 2.76 bits per heavy atom. The van der Waals surface area contributed by atoms with Crippen molar-refractivity contribution in [1.29, 1.82) is 0 Å². The highest BCUT2D eigenvalue weighted by atomic mass is 35.5. The number of aryl methyl sites for hydroxylation is 1. The smallest absolute Gasteiger partial charge is 0.277 e. The van der Waals surface area contributed by atoms with E-state index in [-0.39, 0.29) is 12.5 Å². The number of carbonyl (C=O) groups excluding carboxylic acids is 1. The van der Waals surface area contributed by atoms with Crippen molar-refractivity contribution in [3.8, 4) is 5.75 Å². The molecule has 1 N–H and O–H groups in total. The first-order valence-electron chi connectivity index (χ1n) is 7.87. The molecule has 4 nitrogen and oxygen atoms in total. The van der Waals surface area contributed by atoms with Crippen LogP contribution in [0, 0.1) is 6.92 Å². The van der Waals surface area contributed by atoms with Crippen LogP contribution in [-0.2, 0) is 4.79 Å². The molecule has 0 saturated carbocycles. The molecule has 2 aromatic carbocycles. The molecule has 0 radical (unpaired) electrons. The van der Waals surface area contributed by atoms with Crippen LogP contribution in [0.25, 0.3) is 0 Å². The van der Waals surface area contributed by atoms with Crippen LogP contribution in [0.1, 0.15) is 36.5 Å². The van der Waals surface area contributed by atoms with Gasteiger partial charge in [-0.2, -0.15) is 5.10 Å². The zero-order valence-corrected chi connectivity index (χ0v) is 15.9. The van der Waals surface area contributed by atoms with Gasteiger partial charge in [-0.05, 0) is 36.1 Å². The summed E-state index contributed by atoms with van der Waals surface area (Å²) in [5.41, 5.74) is 5.17. The topological polar surface area (TPSA) is 50.7 Å². The minimum absolute atomic E-state index is 0.122. The van der Waals surface area contributed by atoms with Gasteiger partial charge in [0, 0.05) is 5.56 Å². The summed E-state index contributed by atoms with van der Waals surface area (Å²) in [6, 6.07) is 11.2. The summed E-state index contributed by atoms with van der Waals surface area (Å²) in [5, 5.41) is 4.70. The van der Waals surface area contributed by atoms with Crippen LogP contribution in [0.15, 0.2) is 41.5 Å². The molecule has 2 rings (SSSR count). The molecule has 1 amide bonds. The molecule has 0 saturated heterocycles. The summed E-state index contributed by atoms with van der Waals surface area (Å²) in [6.45, 7) is 6.04. The predicted molar refractivity (Wildman–Crippen MR) is 103 cm³/mol. The standard InChI is InChI=1S/C19H20Cl2N2O2/c1-12(2)14-8-7-13(3)17(9-14)25-11-18(24)23-22-10-15-5-4-6-16(20)19(15)21/h4-10,12H,11H2,1-3H3,(H,23,24)/b22-10+. The number of hydrogen-bond donors (Lipinski definition) is 1. The minimum Gasteiger partial charge on any atom is -0.483 e. The number of hydrazone groups is 1. The van der Waals surface area contributed by atoms with E-state index < -0.39 is 0 Å². The van der Waals surface area contributed by atoms with E-state index in [4.69, 9.17) is 27.9 Å². The van der Waals surface area contributed by atoms with Gasteiger partial charge in [0.15, 0.2) is 6.61 Å². The first-order valence-corrected chi connectivity index (χ1v) is 8.63. The number of hydrogen-bond acceptors (Lipinski definition) is 3. The van der Waals surface area contributed by atoms with Gasteiger partial charge in [-0.15, -0.1) is 0 Å². The van der Waals surface area contributed by atoms with Gasteiger partial charge < -0.3 is 4.74 Å². The van der Waals surface area contributed by atoms with Crippen molar-refractivity contribution in [1.82, 2.24) is 5.43 Å². The van der Waals surface area contributed by atoms with Crippen molar-refractivity contribution in [2.24, 2.45) is 5.10 Å². The third kappa shape index (κ3) is 5.48. The molecule has 0 aliphatic carbocycles. The average Bonchev–Trinajstić information content (AvgIpc) is 2.57. The van der Waals surface area contributed by atoms with Crippen LogP contribution in [-0.4, -0.2) is 18.7 Å². The molecule has 0 aliphatic heterocycles. The van der Waals surface area contributed by atoms with E-state index in [1.807, 2.05) is 19.1 Å². The molecule has 0 aromatic heterocycles. The predicted octanol–water partition coefficient (Wildman–Crippen LogP) is 4.95. The number of nitrogens with one attached hydrogen (secondary N) is 1. The molecular weight excluding hydrogens is 359 g/mol. The highest BCUT2D eigenvalue weighted by Crippen LogP contribution is 2.25. The lowest BCUT2D eigenvalue weighted by atomic mass is 10.0. The zero-order chi connectivity index (χ0) is 18.4. The normalized spacial score (nSPS) is 11.1. The van der Waals surface area contributed by atoms with E-state index in [1.165, 1.54) is 6.21 Å². The number of carbonyl (C=O) groups is 1. The van der Waals surface area contributed by atoms with Crippen LogP contribution in [0.4, 0.5) is 0 Å². The Labute approximate surface area is 157 Å². The van der Waals surface area contributed by atoms with Crippen LogP contribution in [0.5, 0.6) is 5.75 Å². The summed E-state index contributed by atoms with van der Waals surface area (Å²) < 4.78 is 5.60. The summed E-state index contributed by atoms with van der Waals surface area (Å²) in [5.74, 6) is 0.732. The van der Waals surface area contributed by atoms with Crippen molar-refractivity contribution in [3.05, 3.63) is 63.1 Å². The Bertz CT molecular complexity index is 789. The Kier molecular flexibility index (Phi) is 6.85. The van der Waals surface area contributed by atoms with Crippen LogP contribution >= 0.6 is 23.2 Å². The lowest BCUT2D eigenvalue weighted by Crippen LogP contribution is -2.24. The van der Waals surface area contributed by atoms with Crippen LogP contribution in [0.2, 0.25) is 10.0 Å². The molecule has 6 heteroatoms. The Hall–Kier alpha value is -2.04. The van der Waals surface area contributed by atoms with Gasteiger partial charge in [-0.3, -0.25) is 4.79 Å². The largest absolute Gasteiger partial charge is 0.483 e. The maximum absolute atomic E-state index is 11.9. The number of ether oxygens (including phenoxy) is 1. The molecule has 2 aromatic rings. The molecule has 0 fully saturated rings. The van der Waals surface area contributed by atoms with Crippen molar-refractivity contribution in [2.75, 3.05) is 6.61 Å². The van der Waals surface area contributed by atoms with E-state index in [2.05, 4.69) is 30.4 Å². The number of amides is 1. The van der Waals surface area contributed by atoms with Gasteiger partial charge in [0.2, 0.25) is 0 Å². The summed E-state index contributed by atoms with van der Waals surface area (Å²) >= 11 is 12.0. The van der Waals surface area contributed by atoms with Crippen molar-refractivity contribution < 1.29 is 9.53 Å². The maximum Gasteiger partial charge on any atom is 0.277 e. The zero-order valence-electron chi connectivity index (χ0n) is 14.3. The van der Waals surface area contributed by atoms with Gasteiger partial charge >= 0.3 is 0 Å². The van der Waals surface area contributed by atoms with Gasteiger partial charge in [0.25, 0.3) is 5.91 Å². The second-order valence-electron chi connectivity index (χ2n) is 5.90. The van der Waals surface area contributed by atoms with Crippen LogP contribution in [0.3, 0.4) is 0 Å². The lowest BCUT2D eigenvalue weighted by molar-refractivity contribution is -0.123. The lowest BCUT2D eigenvalue weighted by Gasteiger charge is -2.12.